The molecule has 5 aliphatic rings. The first-order valence-corrected chi connectivity index (χ1v) is 20.5. The number of aliphatic hydroxyl groups is 1. The van der Waals surface area contributed by atoms with Crippen molar-refractivity contribution >= 4 is 39.3 Å². The molecule has 5 aromatic rings. The van der Waals surface area contributed by atoms with Crippen molar-refractivity contribution < 1.29 is 19.4 Å². The van der Waals surface area contributed by atoms with Crippen molar-refractivity contribution in [3.8, 4) is 11.1 Å². The van der Waals surface area contributed by atoms with Crippen LogP contribution in [0.25, 0.3) is 21.3 Å². The lowest BCUT2D eigenvalue weighted by Crippen LogP contribution is -2.61. The van der Waals surface area contributed by atoms with Gasteiger partial charge in [0.15, 0.2) is 10.6 Å². The average Bonchev–Trinajstić information content (AvgIpc) is 3.59. The number of thioether (sulfide) groups is 1. The summed E-state index contributed by atoms with van der Waals surface area (Å²) in [4.78, 5) is 18.0. The Hall–Kier alpha value is -3.73. The van der Waals surface area contributed by atoms with Crippen molar-refractivity contribution in [1.29, 1.82) is 0 Å². The quantitative estimate of drug-likeness (QED) is 0.124. The summed E-state index contributed by atoms with van der Waals surface area (Å²) < 4.78 is 15.6. The highest BCUT2D eigenvalue weighted by Gasteiger charge is 2.51. The molecule has 1 aliphatic heterocycles. The summed E-state index contributed by atoms with van der Waals surface area (Å²) >= 11 is 3.45. The van der Waals surface area contributed by atoms with Gasteiger partial charge in [-0.05, 0) is 108 Å². The molecule has 5 fully saturated rings. The van der Waals surface area contributed by atoms with Gasteiger partial charge in [-0.3, -0.25) is 0 Å². The fourth-order valence-electron chi connectivity index (χ4n) is 9.56. The topological polar surface area (TPSA) is 92.7 Å². The molecule has 7 nitrogen and oxygen atoms in total. The fourth-order valence-corrected chi connectivity index (χ4v) is 11.7. The van der Waals surface area contributed by atoms with Crippen molar-refractivity contribution in [1.82, 2.24) is 15.6 Å². The highest BCUT2D eigenvalue weighted by atomic mass is 32.2. The Balaban J connectivity index is 0.890. The smallest absolute Gasteiger partial charge is 0.315 e. The first kappa shape index (κ1) is 34.1. The molecule has 4 saturated carbocycles. The maximum atomic E-state index is 13.2. The molecule has 52 heavy (non-hydrogen) atoms. The molecule has 4 bridgehead atoms. The molecule has 9 heteroatoms. The van der Waals surface area contributed by atoms with Crippen LogP contribution >= 0.6 is 23.1 Å². The summed E-state index contributed by atoms with van der Waals surface area (Å²) in [7, 11) is 0. The van der Waals surface area contributed by atoms with Crippen LogP contribution in [0.5, 0.6) is 0 Å². The van der Waals surface area contributed by atoms with Gasteiger partial charge < -0.3 is 25.2 Å². The number of fused-ring (bicyclic) bond motifs is 1. The van der Waals surface area contributed by atoms with Gasteiger partial charge in [0.1, 0.15) is 0 Å². The van der Waals surface area contributed by atoms with Crippen LogP contribution in [-0.4, -0.2) is 33.5 Å². The molecule has 1 aromatic heterocycles. The number of ether oxygens (including phenoxy) is 2. The minimum absolute atomic E-state index is 0.000533. The number of thiazole rings is 1. The van der Waals surface area contributed by atoms with Crippen LogP contribution in [-0.2, 0) is 22.6 Å². The molecule has 4 aromatic carbocycles. The molecular formula is C43H45N3O4S2. The zero-order valence-electron chi connectivity index (χ0n) is 29.2. The molecular weight excluding hydrogens is 687 g/mol. The fraction of sp³-hybridized carbons (Fsp3) is 0.395. The molecule has 2 heterocycles. The first-order valence-electron chi connectivity index (χ1n) is 18.7. The second-order valence-corrected chi connectivity index (χ2v) is 17.7. The van der Waals surface area contributed by atoms with E-state index >= 15 is 0 Å². The largest absolute Gasteiger partial charge is 0.392 e. The van der Waals surface area contributed by atoms with E-state index in [0.29, 0.717) is 6.54 Å². The Kier molecular flexibility index (Phi) is 9.56. The molecule has 3 atom stereocenters. The van der Waals surface area contributed by atoms with Gasteiger partial charge in [0.05, 0.1) is 29.0 Å². The Morgan fingerprint density at radius 3 is 2.29 bits per heavy atom. The van der Waals surface area contributed by atoms with Crippen molar-refractivity contribution in [3.63, 3.8) is 0 Å². The predicted molar refractivity (Wildman–Crippen MR) is 207 cm³/mol. The molecule has 3 unspecified atom stereocenters. The molecule has 2 amide bonds. The SMILES string of the molecule is O=C(NCc1cccc(-c2cccc(C3OC(CSc4nc5ccccc5s4)CC(c4ccc(CO)cc4)O3)c2)c1)NC12CC3CC(CC(C3)C1)C2. The van der Waals surface area contributed by atoms with E-state index in [1.807, 2.05) is 18.2 Å². The number of carbonyl (C=O) groups is 1. The maximum absolute atomic E-state index is 13.2. The van der Waals surface area contributed by atoms with E-state index in [4.69, 9.17) is 14.5 Å². The monoisotopic (exact) mass is 731 g/mol. The van der Waals surface area contributed by atoms with Crippen LogP contribution in [0.4, 0.5) is 4.79 Å². The lowest BCUT2D eigenvalue weighted by atomic mass is 9.53. The van der Waals surface area contributed by atoms with E-state index in [1.165, 1.54) is 24.0 Å². The van der Waals surface area contributed by atoms with Crippen LogP contribution in [0, 0.1) is 17.8 Å². The molecule has 0 spiro atoms. The summed E-state index contributed by atoms with van der Waals surface area (Å²) in [5.74, 6) is 3.14. The van der Waals surface area contributed by atoms with E-state index in [0.717, 1.165) is 92.4 Å². The standard InChI is InChI=1S/C43H45N3O4S2/c47-25-27-11-13-32(14-12-27)38-20-36(26-51-42-45-37-9-1-2-10-39(37)52-42)49-40(50-38)35-8-4-7-34(19-35)33-6-3-5-28(18-33)24-44-41(48)46-43-21-29-15-30(22-43)17-31(16-29)23-43/h1-14,18-19,29-31,36,38,40,47H,15-17,20-26H2,(H2,44,46,48). The number of aliphatic hydroxyl groups excluding tert-OH is 1. The third kappa shape index (κ3) is 7.39. The van der Waals surface area contributed by atoms with Crippen LogP contribution < -0.4 is 10.6 Å². The van der Waals surface area contributed by atoms with Crippen molar-refractivity contribution in [3.05, 3.63) is 119 Å². The molecule has 3 N–H and O–H groups in total. The number of hydrogen-bond donors (Lipinski definition) is 3. The second kappa shape index (κ2) is 14.6. The van der Waals surface area contributed by atoms with Gasteiger partial charge in [0, 0.05) is 29.8 Å². The normalized spacial score (nSPS) is 27.9. The highest BCUT2D eigenvalue weighted by Crippen LogP contribution is 2.55. The summed E-state index contributed by atoms with van der Waals surface area (Å²) in [5.41, 5.74) is 7.15. The number of aromatic nitrogens is 1. The maximum Gasteiger partial charge on any atom is 0.315 e. The molecule has 0 radical (unpaired) electrons. The van der Waals surface area contributed by atoms with Gasteiger partial charge in [0.2, 0.25) is 0 Å². The van der Waals surface area contributed by atoms with Gasteiger partial charge >= 0.3 is 6.03 Å². The lowest BCUT2D eigenvalue weighted by molar-refractivity contribution is -0.245. The van der Waals surface area contributed by atoms with Crippen LogP contribution in [0.2, 0.25) is 0 Å². The van der Waals surface area contributed by atoms with Gasteiger partial charge in [-0.25, -0.2) is 9.78 Å². The molecule has 10 rings (SSSR count). The number of nitrogens with one attached hydrogen (secondary N) is 2. The van der Waals surface area contributed by atoms with Crippen molar-refractivity contribution in [2.45, 2.75) is 86.5 Å². The van der Waals surface area contributed by atoms with Crippen molar-refractivity contribution in [2.24, 2.45) is 17.8 Å². The van der Waals surface area contributed by atoms with Crippen LogP contribution in [0.1, 0.15) is 79.6 Å². The third-order valence-corrected chi connectivity index (χ3v) is 13.9. The average molecular weight is 732 g/mol. The number of hydrogen-bond acceptors (Lipinski definition) is 7. The Bertz CT molecular complexity index is 1980. The summed E-state index contributed by atoms with van der Waals surface area (Å²) in [6.45, 7) is 0.489. The number of rotatable bonds is 10. The van der Waals surface area contributed by atoms with E-state index < -0.39 is 6.29 Å². The van der Waals surface area contributed by atoms with E-state index in [2.05, 4.69) is 89.5 Å². The Morgan fingerprint density at radius 1 is 0.808 bits per heavy atom. The predicted octanol–water partition coefficient (Wildman–Crippen LogP) is 9.56. The highest BCUT2D eigenvalue weighted by molar-refractivity contribution is 8.01. The minimum Gasteiger partial charge on any atom is -0.392 e. The summed E-state index contributed by atoms with van der Waals surface area (Å²) in [6, 6.07) is 33.1. The number of carbonyl (C=O) groups excluding carboxylic acids is 1. The minimum atomic E-state index is -0.546. The number of amides is 2. The zero-order chi connectivity index (χ0) is 35.1. The lowest BCUT2D eigenvalue weighted by Gasteiger charge is -2.56. The van der Waals surface area contributed by atoms with Gasteiger partial charge in [0.25, 0.3) is 0 Å². The number of benzene rings is 4. The van der Waals surface area contributed by atoms with E-state index in [9.17, 15) is 9.90 Å². The number of urea groups is 1. The molecule has 268 valence electrons. The van der Waals surface area contributed by atoms with Gasteiger partial charge in [-0.2, -0.15) is 0 Å². The first-order chi connectivity index (χ1) is 25.5. The van der Waals surface area contributed by atoms with E-state index in [-0.39, 0.29) is 30.4 Å². The molecule has 1 saturated heterocycles. The zero-order valence-corrected chi connectivity index (χ0v) is 30.8. The van der Waals surface area contributed by atoms with E-state index in [1.54, 1.807) is 23.1 Å². The second-order valence-electron chi connectivity index (χ2n) is 15.4. The summed E-state index contributed by atoms with van der Waals surface area (Å²) in [5, 5.41) is 16.2. The van der Waals surface area contributed by atoms with Crippen LogP contribution in [0.3, 0.4) is 0 Å². The Labute approximate surface area is 313 Å². The van der Waals surface area contributed by atoms with Crippen LogP contribution in [0.15, 0.2) is 101 Å². The van der Waals surface area contributed by atoms with Crippen molar-refractivity contribution in [2.75, 3.05) is 5.75 Å². The number of nitrogens with zero attached hydrogens (tertiary/aromatic N) is 1. The summed E-state index contributed by atoms with van der Waals surface area (Å²) in [6.07, 6.45) is 7.48. The van der Waals surface area contributed by atoms with Gasteiger partial charge in [-0.15, -0.1) is 11.3 Å². The third-order valence-electron chi connectivity index (χ3n) is 11.6. The molecule has 4 aliphatic carbocycles. The Morgan fingerprint density at radius 2 is 1.54 bits per heavy atom. The van der Waals surface area contributed by atoms with Gasteiger partial charge in [-0.1, -0.05) is 84.6 Å². The number of para-hydroxylation sites is 1.